The predicted molar refractivity (Wildman–Crippen MR) is 93.6 cm³/mol. The lowest BCUT2D eigenvalue weighted by Crippen LogP contribution is -2.39. The zero-order valence-corrected chi connectivity index (χ0v) is 14.7. The summed E-state index contributed by atoms with van der Waals surface area (Å²) in [5.74, 6) is 3.66. The topological polar surface area (TPSA) is 72.1 Å². The smallest absolute Gasteiger partial charge is 0.226 e. The van der Waals surface area contributed by atoms with E-state index in [2.05, 4.69) is 15.1 Å². The molecule has 24 heavy (non-hydrogen) atoms. The molecule has 1 aliphatic heterocycles. The van der Waals surface area contributed by atoms with Gasteiger partial charge in [0.1, 0.15) is 0 Å². The Kier molecular flexibility index (Phi) is 5.85. The van der Waals surface area contributed by atoms with Gasteiger partial charge in [-0.05, 0) is 42.9 Å². The molecule has 3 rings (SSSR count). The van der Waals surface area contributed by atoms with E-state index in [1.165, 1.54) is 0 Å². The van der Waals surface area contributed by atoms with E-state index in [1.54, 1.807) is 12.4 Å². The van der Waals surface area contributed by atoms with Crippen LogP contribution in [0.5, 0.6) is 0 Å². The van der Waals surface area contributed by atoms with Crippen molar-refractivity contribution in [3.8, 4) is 11.4 Å². The first-order valence-corrected chi connectivity index (χ1v) is 9.46. The summed E-state index contributed by atoms with van der Waals surface area (Å²) in [5, 5.41) is 3.98. The van der Waals surface area contributed by atoms with E-state index in [0.29, 0.717) is 30.6 Å². The van der Waals surface area contributed by atoms with E-state index in [0.717, 1.165) is 36.3 Å². The summed E-state index contributed by atoms with van der Waals surface area (Å²) < 4.78 is 5.27. The SMILES string of the molecule is CN(C(=O)CCCc1nc(-c2ccncc2)no1)C1CCSCC1. The highest BCUT2D eigenvalue weighted by Crippen LogP contribution is 2.21. The van der Waals surface area contributed by atoms with Crippen molar-refractivity contribution in [3.63, 3.8) is 0 Å². The number of pyridine rings is 1. The molecular formula is C17H22N4O2S. The van der Waals surface area contributed by atoms with Gasteiger partial charge in [-0.25, -0.2) is 0 Å². The largest absolute Gasteiger partial charge is 0.343 e. The maximum absolute atomic E-state index is 12.3. The van der Waals surface area contributed by atoms with E-state index < -0.39 is 0 Å². The lowest BCUT2D eigenvalue weighted by molar-refractivity contribution is -0.132. The number of carbonyl (C=O) groups is 1. The van der Waals surface area contributed by atoms with Crippen LogP contribution in [0.2, 0.25) is 0 Å². The van der Waals surface area contributed by atoms with Gasteiger partial charge in [-0.15, -0.1) is 0 Å². The lowest BCUT2D eigenvalue weighted by Gasteiger charge is -2.31. The summed E-state index contributed by atoms with van der Waals surface area (Å²) in [6.45, 7) is 0. The fraction of sp³-hybridized carbons (Fsp3) is 0.529. The zero-order chi connectivity index (χ0) is 16.8. The minimum atomic E-state index is 0.209. The van der Waals surface area contributed by atoms with E-state index in [9.17, 15) is 4.79 Å². The van der Waals surface area contributed by atoms with Crippen LogP contribution in [0, 0.1) is 0 Å². The van der Waals surface area contributed by atoms with Gasteiger partial charge in [0.15, 0.2) is 0 Å². The average molecular weight is 346 g/mol. The second-order valence-corrected chi connectivity index (χ2v) is 7.17. The van der Waals surface area contributed by atoms with Gasteiger partial charge in [0.05, 0.1) is 0 Å². The molecule has 128 valence electrons. The molecule has 7 heteroatoms. The molecule has 0 N–H and O–H groups in total. The molecule has 1 fully saturated rings. The van der Waals surface area contributed by atoms with Crippen LogP contribution in [0.25, 0.3) is 11.4 Å². The summed E-state index contributed by atoms with van der Waals surface area (Å²) in [4.78, 5) is 22.6. The Morgan fingerprint density at radius 1 is 1.33 bits per heavy atom. The van der Waals surface area contributed by atoms with Crippen LogP contribution >= 0.6 is 11.8 Å². The third kappa shape index (κ3) is 4.35. The molecule has 0 aliphatic carbocycles. The van der Waals surface area contributed by atoms with Gasteiger partial charge in [-0.1, -0.05) is 5.16 Å². The van der Waals surface area contributed by atoms with Crippen molar-refractivity contribution in [1.82, 2.24) is 20.0 Å². The molecule has 1 amide bonds. The number of amides is 1. The zero-order valence-electron chi connectivity index (χ0n) is 13.9. The van der Waals surface area contributed by atoms with Crippen molar-refractivity contribution in [1.29, 1.82) is 0 Å². The Bertz CT molecular complexity index is 656. The molecule has 2 aromatic heterocycles. The third-order valence-corrected chi connectivity index (χ3v) is 5.37. The van der Waals surface area contributed by atoms with Gasteiger partial charge < -0.3 is 9.42 Å². The number of aromatic nitrogens is 3. The van der Waals surface area contributed by atoms with Crippen molar-refractivity contribution in [2.24, 2.45) is 0 Å². The molecule has 0 saturated carbocycles. The van der Waals surface area contributed by atoms with Gasteiger partial charge in [0.25, 0.3) is 0 Å². The maximum atomic E-state index is 12.3. The first kappa shape index (κ1) is 17.0. The minimum absolute atomic E-state index is 0.209. The monoisotopic (exact) mass is 346 g/mol. The summed E-state index contributed by atoms with van der Waals surface area (Å²) >= 11 is 1.97. The van der Waals surface area contributed by atoms with Crippen molar-refractivity contribution >= 4 is 17.7 Å². The molecule has 0 radical (unpaired) electrons. The van der Waals surface area contributed by atoms with Crippen molar-refractivity contribution < 1.29 is 9.32 Å². The quantitative estimate of drug-likeness (QED) is 0.801. The second kappa shape index (κ2) is 8.28. The van der Waals surface area contributed by atoms with Gasteiger partial charge in [0.2, 0.25) is 17.6 Å². The number of hydrogen-bond donors (Lipinski definition) is 0. The molecule has 6 nitrogen and oxygen atoms in total. The Hall–Kier alpha value is -1.89. The van der Waals surface area contributed by atoms with E-state index in [4.69, 9.17) is 4.52 Å². The Morgan fingerprint density at radius 3 is 2.83 bits per heavy atom. The number of aryl methyl sites for hydroxylation is 1. The summed E-state index contributed by atoms with van der Waals surface area (Å²) in [5.41, 5.74) is 0.881. The van der Waals surface area contributed by atoms with Gasteiger partial charge in [-0.2, -0.15) is 16.7 Å². The highest BCUT2D eigenvalue weighted by Gasteiger charge is 2.22. The molecule has 0 aromatic carbocycles. The second-order valence-electron chi connectivity index (χ2n) is 5.95. The third-order valence-electron chi connectivity index (χ3n) is 4.32. The number of nitrogens with zero attached hydrogens (tertiary/aromatic N) is 4. The molecule has 3 heterocycles. The number of hydrogen-bond acceptors (Lipinski definition) is 6. The Labute approximate surface area is 146 Å². The van der Waals surface area contributed by atoms with Crippen LogP contribution in [0.1, 0.15) is 31.6 Å². The standard InChI is InChI=1S/C17H22N4O2S/c1-21(14-7-11-24-12-8-14)16(22)4-2-3-15-19-17(20-23-15)13-5-9-18-10-6-13/h5-6,9-10,14H,2-4,7-8,11-12H2,1H3. The van der Waals surface area contributed by atoms with Gasteiger partial charge >= 0.3 is 0 Å². The molecule has 1 saturated heterocycles. The van der Waals surface area contributed by atoms with Crippen LogP contribution in [-0.2, 0) is 11.2 Å². The van der Waals surface area contributed by atoms with Crippen LogP contribution in [-0.4, -0.2) is 50.5 Å². The summed E-state index contributed by atoms with van der Waals surface area (Å²) in [7, 11) is 1.93. The van der Waals surface area contributed by atoms with Crippen LogP contribution < -0.4 is 0 Å². The molecule has 1 aliphatic rings. The Balaban J connectivity index is 1.46. The first-order valence-electron chi connectivity index (χ1n) is 8.30. The maximum Gasteiger partial charge on any atom is 0.226 e. The normalized spacial score (nSPS) is 15.4. The fourth-order valence-electron chi connectivity index (χ4n) is 2.82. The van der Waals surface area contributed by atoms with Crippen LogP contribution in [0.4, 0.5) is 0 Å². The first-order chi connectivity index (χ1) is 11.7. The van der Waals surface area contributed by atoms with Crippen molar-refractivity contribution in [3.05, 3.63) is 30.4 Å². The molecule has 0 unspecified atom stereocenters. The molecule has 0 atom stereocenters. The summed E-state index contributed by atoms with van der Waals surface area (Å²) in [6.07, 6.45) is 7.47. The van der Waals surface area contributed by atoms with Crippen LogP contribution in [0.15, 0.2) is 29.0 Å². The highest BCUT2D eigenvalue weighted by molar-refractivity contribution is 7.99. The Morgan fingerprint density at radius 2 is 2.08 bits per heavy atom. The number of thioether (sulfide) groups is 1. The van der Waals surface area contributed by atoms with E-state index in [-0.39, 0.29) is 5.91 Å². The predicted octanol–water partition coefficient (Wildman–Crippen LogP) is 2.81. The van der Waals surface area contributed by atoms with E-state index in [1.807, 2.05) is 35.8 Å². The number of rotatable bonds is 6. The minimum Gasteiger partial charge on any atom is -0.343 e. The molecule has 2 aromatic rings. The molecular weight excluding hydrogens is 324 g/mol. The van der Waals surface area contributed by atoms with E-state index >= 15 is 0 Å². The number of carbonyl (C=O) groups excluding carboxylic acids is 1. The highest BCUT2D eigenvalue weighted by atomic mass is 32.2. The van der Waals surface area contributed by atoms with Gasteiger partial charge in [0, 0.05) is 43.9 Å². The fourth-order valence-corrected chi connectivity index (χ4v) is 3.90. The summed E-state index contributed by atoms with van der Waals surface area (Å²) in [6, 6.07) is 4.09. The average Bonchev–Trinajstić information content (AvgIpc) is 3.11. The van der Waals surface area contributed by atoms with Crippen molar-refractivity contribution in [2.45, 2.75) is 38.1 Å². The van der Waals surface area contributed by atoms with Gasteiger partial charge in [-0.3, -0.25) is 9.78 Å². The van der Waals surface area contributed by atoms with Crippen molar-refractivity contribution in [2.75, 3.05) is 18.6 Å². The lowest BCUT2D eigenvalue weighted by atomic mass is 10.1. The molecule has 0 bridgehead atoms. The van der Waals surface area contributed by atoms with Crippen LogP contribution in [0.3, 0.4) is 0 Å². The molecule has 0 spiro atoms.